The Kier molecular flexibility index (Phi) is 4.81. The summed E-state index contributed by atoms with van der Waals surface area (Å²) in [6.07, 6.45) is 0. The molecule has 1 unspecified atom stereocenters. The van der Waals surface area contributed by atoms with Crippen molar-refractivity contribution in [1.29, 1.82) is 0 Å². The van der Waals surface area contributed by atoms with E-state index < -0.39 is 0 Å². The van der Waals surface area contributed by atoms with E-state index in [1.165, 1.54) is 12.1 Å². The maximum Gasteiger partial charge on any atom is 0.125 e. The summed E-state index contributed by atoms with van der Waals surface area (Å²) in [6, 6.07) is 2.67. The number of hydrogen-bond acceptors (Lipinski definition) is 2. The zero-order valence-electron chi connectivity index (χ0n) is 10.3. The molecule has 0 saturated carbocycles. The van der Waals surface area contributed by atoms with Crippen LogP contribution in [-0.2, 0) is 4.74 Å². The normalized spacial score (nSPS) is 13.6. The molecule has 17 heavy (non-hydrogen) atoms. The van der Waals surface area contributed by atoms with E-state index >= 15 is 0 Å². The number of methoxy groups -OCH3 is 1. The van der Waals surface area contributed by atoms with Gasteiger partial charge in [-0.05, 0) is 48.8 Å². The monoisotopic (exact) mass is 323 g/mol. The Bertz CT molecular complexity index is 388. The summed E-state index contributed by atoms with van der Waals surface area (Å²) >= 11 is 9.29. The minimum Gasteiger partial charge on any atom is -0.378 e. The van der Waals surface area contributed by atoms with Crippen molar-refractivity contribution < 1.29 is 9.13 Å². The molecule has 0 amide bonds. The number of ether oxygens (including phenoxy) is 1. The molecule has 0 spiro atoms. The van der Waals surface area contributed by atoms with Crippen LogP contribution in [0.3, 0.4) is 0 Å². The molecule has 0 radical (unpaired) electrons. The number of halogens is 3. The van der Waals surface area contributed by atoms with Crippen molar-refractivity contribution in [3.8, 4) is 0 Å². The van der Waals surface area contributed by atoms with Crippen LogP contribution in [0.2, 0.25) is 5.02 Å². The van der Waals surface area contributed by atoms with Gasteiger partial charge in [-0.3, -0.25) is 0 Å². The Morgan fingerprint density at radius 3 is 2.53 bits per heavy atom. The number of anilines is 1. The molecule has 1 atom stereocenters. The molecule has 0 aliphatic heterocycles. The zero-order valence-corrected chi connectivity index (χ0v) is 12.6. The summed E-state index contributed by atoms with van der Waals surface area (Å²) in [6.45, 7) is 5.92. The van der Waals surface area contributed by atoms with Gasteiger partial charge in [0, 0.05) is 11.6 Å². The Morgan fingerprint density at radius 2 is 2.06 bits per heavy atom. The lowest BCUT2D eigenvalue weighted by Crippen LogP contribution is -2.41. The lowest BCUT2D eigenvalue weighted by Gasteiger charge is -2.32. The third kappa shape index (κ3) is 3.57. The number of benzene rings is 1. The first-order valence-electron chi connectivity index (χ1n) is 5.24. The SMILES string of the molecule is COC(C)(C)C(C)Nc1c(Cl)cc(F)cc1Br. The first kappa shape index (κ1) is 14.7. The van der Waals surface area contributed by atoms with Crippen LogP contribution in [0.15, 0.2) is 16.6 Å². The summed E-state index contributed by atoms with van der Waals surface area (Å²) < 4.78 is 19.1. The number of nitrogens with one attached hydrogen (secondary N) is 1. The minimum atomic E-state index is -0.369. The maximum atomic E-state index is 13.1. The van der Waals surface area contributed by atoms with Crippen LogP contribution < -0.4 is 5.32 Å². The predicted molar refractivity (Wildman–Crippen MR) is 73.3 cm³/mol. The molecule has 2 nitrogen and oxygen atoms in total. The van der Waals surface area contributed by atoms with Gasteiger partial charge in [0.25, 0.3) is 0 Å². The smallest absolute Gasteiger partial charge is 0.125 e. The fraction of sp³-hybridized carbons (Fsp3) is 0.500. The fourth-order valence-corrected chi connectivity index (χ4v) is 2.17. The number of rotatable bonds is 4. The Balaban J connectivity index is 2.96. The number of hydrogen-bond donors (Lipinski definition) is 1. The Hall–Kier alpha value is -0.320. The molecular weight excluding hydrogens is 308 g/mol. The van der Waals surface area contributed by atoms with E-state index in [1.807, 2.05) is 20.8 Å². The largest absolute Gasteiger partial charge is 0.378 e. The van der Waals surface area contributed by atoms with Gasteiger partial charge in [0.15, 0.2) is 0 Å². The second-order valence-corrected chi connectivity index (χ2v) is 5.68. The molecule has 0 fully saturated rings. The molecular formula is C12H16BrClFNO. The fourth-order valence-electron chi connectivity index (χ4n) is 1.25. The van der Waals surface area contributed by atoms with Gasteiger partial charge in [0.1, 0.15) is 5.82 Å². The molecule has 5 heteroatoms. The van der Waals surface area contributed by atoms with E-state index in [0.717, 1.165) is 0 Å². The quantitative estimate of drug-likeness (QED) is 0.882. The van der Waals surface area contributed by atoms with Gasteiger partial charge in [0.2, 0.25) is 0 Å². The van der Waals surface area contributed by atoms with E-state index in [0.29, 0.717) is 15.2 Å². The second kappa shape index (κ2) is 5.55. The maximum absolute atomic E-state index is 13.1. The first-order valence-corrected chi connectivity index (χ1v) is 6.41. The molecule has 0 aromatic heterocycles. The highest BCUT2D eigenvalue weighted by atomic mass is 79.9. The molecule has 1 aromatic carbocycles. The van der Waals surface area contributed by atoms with Crippen LogP contribution in [0, 0.1) is 5.82 Å². The lowest BCUT2D eigenvalue weighted by atomic mass is 10.00. The molecule has 0 bridgehead atoms. The van der Waals surface area contributed by atoms with E-state index in [9.17, 15) is 4.39 Å². The second-order valence-electron chi connectivity index (χ2n) is 4.42. The third-order valence-electron chi connectivity index (χ3n) is 2.94. The lowest BCUT2D eigenvalue weighted by molar-refractivity contribution is 0.0107. The zero-order chi connectivity index (χ0) is 13.2. The van der Waals surface area contributed by atoms with Crippen LogP contribution in [0.25, 0.3) is 0 Å². The average molecular weight is 325 g/mol. The predicted octanol–water partition coefficient (Wildman–Crippen LogP) is 4.47. The molecule has 0 heterocycles. The van der Waals surface area contributed by atoms with Gasteiger partial charge in [-0.2, -0.15) is 0 Å². The van der Waals surface area contributed by atoms with E-state index in [2.05, 4.69) is 21.2 Å². The minimum absolute atomic E-state index is 0.0201. The van der Waals surface area contributed by atoms with Crippen molar-refractivity contribution in [3.05, 3.63) is 27.4 Å². The molecule has 1 N–H and O–H groups in total. The van der Waals surface area contributed by atoms with E-state index in [-0.39, 0.29) is 17.5 Å². The van der Waals surface area contributed by atoms with Crippen LogP contribution in [0.1, 0.15) is 20.8 Å². The summed E-state index contributed by atoms with van der Waals surface area (Å²) in [7, 11) is 1.65. The van der Waals surface area contributed by atoms with Crippen molar-refractivity contribution in [2.75, 3.05) is 12.4 Å². The first-order chi connectivity index (χ1) is 7.77. The van der Waals surface area contributed by atoms with Gasteiger partial charge < -0.3 is 10.1 Å². The molecule has 0 aliphatic rings. The van der Waals surface area contributed by atoms with Crippen LogP contribution in [0.4, 0.5) is 10.1 Å². The van der Waals surface area contributed by atoms with E-state index in [1.54, 1.807) is 7.11 Å². The molecule has 1 rings (SSSR count). The summed E-state index contributed by atoms with van der Waals surface area (Å²) in [5, 5.41) is 3.57. The van der Waals surface area contributed by atoms with Crippen molar-refractivity contribution in [1.82, 2.24) is 0 Å². The summed E-state index contributed by atoms with van der Waals surface area (Å²) in [5.41, 5.74) is 0.322. The van der Waals surface area contributed by atoms with Gasteiger partial charge in [0.05, 0.1) is 22.4 Å². The highest BCUT2D eigenvalue weighted by Gasteiger charge is 2.26. The van der Waals surface area contributed by atoms with Crippen LogP contribution in [0.5, 0.6) is 0 Å². The van der Waals surface area contributed by atoms with Crippen LogP contribution >= 0.6 is 27.5 Å². The highest BCUT2D eigenvalue weighted by Crippen LogP contribution is 2.33. The van der Waals surface area contributed by atoms with Gasteiger partial charge in [-0.1, -0.05) is 11.6 Å². The third-order valence-corrected chi connectivity index (χ3v) is 3.86. The van der Waals surface area contributed by atoms with Gasteiger partial charge in [-0.15, -0.1) is 0 Å². The average Bonchev–Trinajstić information content (AvgIpc) is 2.22. The van der Waals surface area contributed by atoms with Crippen LogP contribution in [-0.4, -0.2) is 18.8 Å². The van der Waals surface area contributed by atoms with Gasteiger partial charge >= 0.3 is 0 Å². The molecule has 96 valence electrons. The van der Waals surface area contributed by atoms with Crippen molar-refractivity contribution >= 4 is 33.2 Å². The van der Waals surface area contributed by atoms with Crippen molar-refractivity contribution in [2.24, 2.45) is 0 Å². The molecule has 0 saturated heterocycles. The standard InChI is InChI=1S/C12H16BrClFNO/c1-7(12(2,3)17-4)16-11-9(13)5-8(15)6-10(11)14/h5-7,16H,1-4H3. The van der Waals surface area contributed by atoms with E-state index in [4.69, 9.17) is 16.3 Å². The summed E-state index contributed by atoms with van der Waals surface area (Å²) in [5.74, 6) is -0.369. The Labute approximate surface area is 115 Å². The summed E-state index contributed by atoms with van der Waals surface area (Å²) in [4.78, 5) is 0. The molecule has 1 aromatic rings. The molecule has 0 aliphatic carbocycles. The van der Waals surface area contributed by atoms with Gasteiger partial charge in [-0.25, -0.2) is 4.39 Å². The highest BCUT2D eigenvalue weighted by molar-refractivity contribution is 9.10. The topological polar surface area (TPSA) is 21.3 Å². The van der Waals surface area contributed by atoms with Crippen molar-refractivity contribution in [3.63, 3.8) is 0 Å². The Morgan fingerprint density at radius 1 is 1.47 bits per heavy atom. The van der Waals surface area contributed by atoms with Crippen molar-refractivity contribution in [2.45, 2.75) is 32.4 Å².